The van der Waals surface area contributed by atoms with Crippen molar-refractivity contribution in [2.45, 2.75) is 4.90 Å². The Kier molecular flexibility index (Phi) is 5.22. The normalized spacial score (nSPS) is 10.2. The summed E-state index contributed by atoms with van der Waals surface area (Å²) in [6, 6.07) is 11.1. The van der Waals surface area contributed by atoms with Gasteiger partial charge in [-0.15, -0.1) is 11.8 Å². The van der Waals surface area contributed by atoms with Gasteiger partial charge in [0.15, 0.2) is 5.78 Å². The largest absolute Gasteiger partial charge is 0.497 e. The molecule has 0 saturated heterocycles. The summed E-state index contributed by atoms with van der Waals surface area (Å²) in [6.07, 6.45) is 0. The molecule has 5 heteroatoms. The Morgan fingerprint density at radius 1 is 1.10 bits per heavy atom. The Morgan fingerprint density at radius 2 is 1.81 bits per heavy atom. The molecule has 0 bridgehead atoms. The summed E-state index contributed by atoms with van der Waals surface area (Å²) in [5.41, 5.74) is 0.507. The van der Waals surface area contributed by atoms with Crippen LogP contribution in [-0.2, 0) is 0 Å². The number of rotatable bonds is 6. The van der Waals surface area contributed by atoms with Crippen LogP contribution in [0.1, 0.15) is 10.4 Å². The molecule has 0 aliphatic heterocycles. The maximum atomic E-state index is 12.8. The first kappa shape index (κ1) is 15.4. The van der Waals surface area contributed by atoms with Crippen LogP contribution in [0.2, 0.25) is 0 Å². The first-order chi connectivity index (χ1) is 10.1. The number of hydrogen-bond acceptors (Lipinski definition) is 4. The molecule has 2 aromatic carbocycles. The second-order valence-corrected chi connectivity index (χ2v) is 5.28. The van der Waals surface area contributed by atoms with E-state index in [4.69, 9.17) is 9.47 Å². The third-order valence-corrected chi connectivity index (χ3v) is 3.90. The molecule has 0 aliphatic carbocycles. The number of methoxy groups -OCH3 is 2. The van der Waals surface area contributed by atoms with Crippen LogP contribution in [0.15, 0.2) is 47.4 Å². The first-order valence-corrected chi connectivity index (χ1v) is 7.26. The number of benzene rings is 2. The third kappa shape index (κ3) is 3.98. The van der Waals surface area contributed by atoms with E-state index in [-0.39, 0.29) is 17.4 Å². The van der Waals surface area contributed by atoms with Gasteiger partial charge in [-0.3, -0.25) is 4.79 Å². The van der Waals surface area contributed by atoms with Crippen LogP contribution < -0.4 is 9.47 Å². The summed E-state index contributed by atoms with van der Waals surface area (Å²) in [5.74, 6) is 1.04. The number of thioether (sulfide) groups is 1. The quantitative estimate of drug-likeness (QED) is 0.600. The average molecular weight is 306 g/mol. The van der Waals surface area contributed by atoms with Crippen LogP contribution in [0.5, 0.6) is 11.5 Å². The highest BCUT2D eigenvalue weighted by Crippen LogP contribution is 2.27. The fourth-order valence-corrected chi connectivity index (χ4v) is 2.57. The van der Waals surface area contributed by atoms with Crippen molar-refractivity contribution in [1.29, 1.82) is 0 Å². The molecule has 0 fully saturated rings. The first-order valence-electron chi connectivity index (χ1n) is 6.27. The second-order valence-electron chi connectivity index (χ2n) is 4.23. The van der Waals surface area contributed by atoms with Gasteiger partial charge in [-0.1, -0.05) is 0 Å². The number of hydrogen-bond donors (Lipinski definition) is 0. The third-order valence-electron chi connectivity index (χ3n) is 2.89. The Morgan fingerprint density at radius 3 is 2.43 bits per heavy atom. The van der Waals surface area contributed by atoms with Crippen molar-refractivity contribution in [1.82, 2.24) is 0 Å². The van der Waals surface area contributed by atoms with Crippen LogP contribution in [0.4, 0.5) is 4.39 Å². The Labute approximate surface area is 127 Å². The fraction of sp³-hybridized carbons (Fsp3) is 0.188. The lowest BCUT2D eigenvalue weighted by molar-refractivity contribution is 0.101. The van der Waals surface area contributed by atoms with E-state index in [0.29, 0.717) is 17.1 Å². The predicted molar refractivity (Wildman–Crippen MR) is 81.0 cm³/mol. The van der Waals surface area contributed by atoms with Crippen molar-refractivity contribution in [2.24, 2.45) is 0 Å². The van der Waals surface area contributed by atoms with Crippen molar-refractivity contribution in [3.63, 3.8) is 0 Å². The zero-order valence-corrected chi connectivity index (χ0v) is 12.6. The van der Waals surface area contributed by atoms with Crippen molar-refractivity contribution in [2.75, 3.05) is 20.0 Å². The summed E-state index contributed by atoms with van der Waals surface area (Å²) in [4.78, 5) is 13.1. The molecule has 0 aromatic heterocycles. The van der Waals surface area contributed by atoms with E-state index in [1.54, 1.807) is 37.4 Å². The molecule has 0 radical (unpaired) electrons. The molecule has 2 aromatic rings. The lowest BCUT2D eigenvalue weighted by Crippen LogP contribution is -2.05. The number of carbonyl (C=O) groups is 1. The molecule has 3 nitrogen and oxygen atoms in total. The van der Waals surface area contributed by atoms with E-state index < -0.39 is 0 Å². The number of carbonyl (C=O) groups excluding carboxylic acids is 1. The smallest absolute Gasteiger partial charge is 0.176 e. The molecule has 0 unspecified atom stereocenters. The monoisotopic (exact) mass is 306 g/mol. The Bertz CT molecular complexity index is 626. The zero-order chi connectivity index (χ0) is 15.2. The molecular weight excluding hydrogens is 291 g/mol. The van der Waals surface area contributed by atoms with Gasteiger partial charge in [0.2, 0.25) is 0 Å². The summed E-state index contributed by atoms with van der Waals surface area (Å²) in [5, 5.41) is 0. The minimum absolute atomic E-state index is 0.0520. The Hall–Kier alpha value is -2.01. The van der Waals surface area contributed by atoms with Gasteiger partial charge in [-0.25, -0.2) is 4.39 Å². The van der Waals surface area contributed by atoms with Gasteiger partial charge in [0.05, 0.1) is 25.5 Å². The molecule has 0 saturated carbocycles. The lowest BCUT2D eigenvalue weighted by Gasteiger charge is -2.09. The van der Waals surface area contributed by atoms with Crippen molar-refractivity contribution < 1.29 is 18.7 Å². The highest BCUT2D eigenvalue weighted by atomic mass is 32.2. The standard InChI is InChI=1S/C16H15FO3S/c1-19-12-5-8-14(16(9-12)20-2)15(18)10-21-13-6-3-11(17)4-7-13/h3-9H,10H2,1-2H3. The molecule has 0 atom stereocenters. The summed E-state index contributed by atoms with van der Waals surface area (Å²) in [6.45, 7) is 0. The average Bonchev–Trinajstić information content (AvgIpc) is 2.53. The summed E-state index contributed by atoms with van der Waals surface area (Å²) >= 11 is 1.36. The molecular formula is C16H15FO3S. The lowest BCUT2D eigenvalue weighted by atomic mass is 10.1. The van der Waals surface area contributed by atoms with E-state index in [2.05, 4.69) is 0 Å². The number of halogens is 1. The molecule has 2 rings (SSSR count). The Balaban J connectivity index is 2.07. The van der Waals surface area contributed by atoms with Gasteiger partial charge in [-0.2, -0.15) is 0 Å². The van der Waals surface area contributed by atoms with Crippen molar-refractivity contribution in [3.8, 4) is 11.5 Å². The van der Waals surface area contributed by atoms with Gasteiger partial charge in [0.1, 0.15) is 17.3 Å². The summed E-state index contributed by atoms with van der Waals surface area (Å²) < 4.78 is 23.1. The molecule has 0 heterocycles. The van der Waals surface area contributed by atoms with Crippen molar-refractivity contribution >= 4 is 17.5 Å². The highest BCUT2D eigenvalue weighted by molar-refractivity contribution is 8.00. The topological polar surface area (TPSA) is 35.5 Å². The summed E-state index contributed by atoms with van der Waals surface area (Å²) in [7, 11) is 3.07. The highest BCUT2D eigenvalue weighted by Gasteiger charge is 2.13. The van der Waals surface area contributed by atoms with E-state index >= 15 is 0 Å². The van der Waals surface area contributed by atoms with Gasteiger partial charge in [0.25, 0.3) is 0 Å². The zero-order valence-electron chi connectivity index (χ0n) is 11.8. The van der Waals surface area contributed by atoms with Crippen LogP contribution in [0.3, 0.4) is 0 Å². The van der Waals surface area contributed by atoms with E-state index in [9.17, 15) is 9.18 Å². The fourth-order valence-electron chi connectivity index (χ4n) is 1.79. The number of ether oxygens (including phenoxy) is 2. The molecule has 21 heavy (non-hydrogen) atoms. The van der Waals surface area contributed by atoms with Crippen LogP contribution >= 0.6 is 11.8 Å². The van der Waals surface area contributed by atoms with E-state index in [1.165, 1.54) is 31.0 Å². The van der Waals surface area contributed by atoms with Crippen LogP contribution in [-0.4, -0.2) is 25.8 Å². The SMILES string of the molecule is COc1ccc(C(=O)CSc2ccc(F)cc2)c(OC)c1. The van der Waals surface area contributed by atoms with Crippen LogP contribution in [0, 0.1) is 5.82 Å². The molecule has 0 spiro atoms. The molecule has 0 aliphatic rings. The maximum Gasteiger partial charge on any atom is 0.176 e. The van der Waals surface area contributed by atoms with E-state index in [1.807, 2.05) is 0 Å². The molecule has 0 amide bonds. The van der Waals surface area contributed by atoms with Crippen LogP contribution in [0.25, 0.3) is 0 Å². The molecule has 110 valence electrons. The van der Waals surface area contributed by atoms with Gasteiger partial charge >= 0.3 is 0 Å². The minimum Gasteiger partial charge on any atom is -0.497 e. The minimum atomic E-state index is -0.289. The second kappa shape index (κ2) is 7.13. The van der Waals surface area contributed by atoms with Gasteiger partial charge in [0, 0.05) is 11.0 Å². The molecule has 0 N–H and O–H groups in total. The number of Topliss-reactive ketones (excluding diaryl/α,β-unsaturated/α-hetero) is 1. The van der Waals surface area contributed by atoms with Gasteiger partial charge < -0.3 is 9.47 Å². The maximum absolute atomic E-state index is 12.8. The number of ketones is 1. The van der Waals surface area contributed by atoms with Crippen molar-refractivity contribution in [3.05, 3.63) is 53.8 Å². The van der Waals surface area contributed by atoms with E-state index in [0.717, 1.165) is 4.90 Å². The predicted octanol–water partition coefficient (Wildman–Crippen LogP) is 3.82. The van der Waals surface area contributed by atoms with Gasteiger partial charge in [-0.05, 0) is 36.4 Å².